The van der Waals surface area contributed by atoms with Gasteiger partial charge in [-0.05, 0) is 79.3 Å². The Morgan fingerprint density at radius 3 is 2.14 bits per heavy atom. The van der Waals surface area contributed by atoms with Crippen LogP contribution in [0, 0.1) is 19.8 Å². The van der Waals surface area contributed by atoms with Crippen LogP contribution in [0.3, 0.4) is 0 Å². The van der Waals surface area contributed by atoms with Gasteiger partial charge in [0.05, 0.1) is 0 Å². The van der Waals surface area contributed by atoms with Crippen molar-refractivity contribution < 1.29 is 9.84 Å². The van der Waals surface area contributed by atoms with Crippen molar-refractivity contribution in [3.05, 3.63) is 70.3 Å². The van der Waals surface area contributed by atoms with Gasteiger partial charge in [-0.15, -0.1) is 0 Å². The summed E-state index contributed by atoms with van der Waals surface area (Å²) in [7, 11) is 0. The minimum Gasteiger partial charge on any atom is -0.508 e. The van der Waals surface area contributed by atoms with E-state index in [-0.39, 0.29) is 5.41 Å². The van der Waals surface area contributed by atoms with Gasteiger partial charge in [-0.25, -0.2) is 0 Å². The van der Waals surface area contributed by atoms with Crippen LogP contribution >= 0.6 is 0 Å². The Labute approximate surface area is 170 Å². The van der Waals surface area contributed by atoms with Gasteiger partial charge in [0, 0.05) is 18.6 Å². The van der Waals surface area contributed by atoms with E-state index < -0.39 is 0 Å². The summed E-state index contributed by atoms with van der Waals surface area (Å²) < 4.78 is 5.46. The quantitative estimate of drug-likeness (QED) is 0.617. The summed E-state index contributed by atoms with van der Waals surface area (Å²) in [6.07, 6.45) is 8.97. The lowest BCUT2D eigenvalue weighted by Crippen LogP contribution is -2.26. The molecule has 1 saturated heterocycles. The molecule has 3 rings (SSSR count). The van der Waals surface area contributed by atoms with Gasteiger partial charge in [-0.2, -0.15) is 0 Å². The van der Waals surface area contributed by atoms with Crippen molar-refractivity contribution in [1.29, 1.82) is 0 Å². The summed E-state index contributed by atoms with van der Waals surface area (Å²) >= 11 is 0. The second kappa shape index (κ2) is 8.96. The molecule has 2 heteroatoms. The second-order valence-electron chi connectivity index (χ2n) is 8.17. The molecule has 0 bridgehead atoms. The number of aryl methyl sites for hydroxylation is 2. The molecule has 0 saturated carbocycles. The summed E-state index contributed by atoms with van der Waals surface area (Å²) in [6.45, 7) is 10.5. The molecule has 28 heavy (non-hydrogen) atoms. The number of phenols is 1. The highest BCUT2D eigenvalue weighted by atomic mass is 16.5. The fourth-order valence-electron chi connectivity index (χ4n) is 4.49. The third-order valence-corrected chi connectivity index (χ3v) is 6.59. The lowest BCUT2D eigenvalue weighted by atomic mass is 9.70. The highest BCUT2D eigenvalue weighted by Gasteiger charge is 2.31. The molecule has 1 aliphatic rings. The Morgan fingerprint density at radius 1 is 0.964 bits per heavy atom. The first-order valence-corrected chi connectivity index (χ1v) is 10.7. The molecule has 0 amide bonds. The predicted molar refractivity (Wildman–Crippen MR) is 118 cm³/mol. The molecule has 0 aliphatic carbocycles. The minimum atomic E-state index is -0.0217. The normalized spacial score (nSPS) is 16.0. The van der Waals surface area contributed by atoms with Crippen LogP contribution < -0.4 is 0 Å². The van der Waals surface area contributed by atoms with Crippen LogP contribution in [0.5, 0.6) is 5.75 Å². The largest absolute Gasteiger partial charge is 0.508 e. The lowest BCUT2D eigenvalue weighted by Gasteiger charge is -2.34. The molecule has 2 aromatic carbocycles. The maximum absolute atomic E-state index is 9.96. The van der Waals surface area contributed by atoms with Gasteiger partial charge in [0.1, 0.15) is 5.75 Å². The maximum Gasteiger partial charge on any atom is 0.118 e. The van der Waals surface area contributed by atoms with Crippen LogP contribution in [0.1, 0.15) is 67.3 Å². The van der Waals surface area contributed by atoms with Crippen molar-refractivity contribution in [3.63, 3.8) is 0 Å². The first kappa shape index (κ1) is 20.7. The third kappa shape index (κ3) is 4.17. The maximum atomic E-state index is 9.96. The number of phenolic OH excluding ortho intramolecular Hbond substituents is 1. The fourth-order valence-corrected chi connectivity index (χ4v) is 4.49. The molecule has 0 spiro atoms. The summed E-state index contributed by atoms with van der Waals surface area (Å²) in [5.41, 5.74) is 6.20. The van der Waals surface area contributed by atoms with Crippen LogP contribution in [0.4, 0.5) is 0 Å². The van der Waals surface area contributed by atoms with E-state index in [9.17, 15) is 5.11 Å². The van der Waals surface area contributed by atoms with Gasteiger partial charge in [-0.3, -0.25) is 0 Å². The molecule has 0 radical (unpaired) electrons. The topological polar surface area (TPSA) is 29.5 Å². The standard InChI is InChI=1S/C26H34O2/c1-5-26(6-2,24-11-12-25(27)20(4)18-24)23-10-9-22(19(3)17-23)8-7-21-13-15-28-16-14-21/h7-12,17-18,21,27H,5-6,13-16H2,1-4H3/b8-7+. The van der Waals surface area contributed by atoms with E-state index in [0.29, 0.717) is 11.7 Å². The van der Waals surface area contributed by atoms with E-state index in [1.165, 1.54) is 22.3 Å². The van der Waals surface area contributed by atoms with Crippen LogP contribution in [-0.4, -0.2) is 18.3 Å². The number of hydrogen-bond acceptors (Lipinski definition) is 2. The number of rotatable bonds is 6. The number of aromatic hydroxyl groups is 1. The molecular formula is C26H34O2. The van der Waals surface area contributed by atoms with Gasteiger partial charge in [0.15, 0.2) is 0 Å². The summed E-state index contributed by atoms with van der Waals surface area (Å²) in [5.74, 6) is 1.01. The first-order valence-electron chi connectivity index (χ1n) is 10.7. The van der Waals surface area contributed by atoms with Crippen LogP contribution in [0.15, 0.2) is 42.5 Å². The van der Waals surface area contributed by atoms with Gasteiger partial charge in [0.2, 0.25) is 0 Å². The van der Waals surface area contributed by atoms with Crippen LogP contribution in [0.25, 0.3) is 6.08 Å². The van der Waals surface area contributed by atoms with E-state index in [4.69, 9.17) is 4.74 Å². The molecule has 1 fully saturated rings. The van der Waals surface area contributed by atoms with Crippen molar-refractivity contribution in [1.82, 2.24) is 0 Å². The zero-order valence-corrected chi connectivity index (χ0v) is 17.8. The van der Waals surface area contributed by atoms with Crippen molar-refractivity contribution in [3.8, 4) is 5.75 Å². The van der Waals surface area contributed by atoms with E-state index in [1.54, 1.807) is 0 Å². The average molecular weight is 379 g/mol. The Bertz CT molecular complexity index is 824. The van der Waals surface area contributed by atoms with E-state index in [0.717, 1.165) is 44.5 Å². The van der Waals surface area contributed by atoms with E-state index >= 15 is 0 Å². The molecule has 2 nitrogen and oxygen atoms in total. The first-order chi connectivity index (χ1) is 13.5. The smallest absolute Gasteiger partial charge is 0.118 e. The Kier molecular flexibility index (Phi) is 6.61. The predicted octanol–water partition coefficient (Wildman–Crippen LogP) is 6.55. The SMILES string of the molecule is CCC(CC)(c1ccc(O)c(C)c1)c1ccc(/C=C/C2CCOCC2)c(C)c1. The Morgan fingerprint density at radius 2 is 1.57 bits per heavy atom. The Balaban J connectivity index is 1.92. The molecular weight excluding hydrogens is 344 g/mol. The zero-order valence-electron chi connectivity index (χ0n) is 17.8. The summed E-state index contributed by atoms with van der Waals surface area (Å²) in [4.78, 5) is 0. The van der Waals surface area contributed by atoms with Gasteiger partial charge < -0.3 is 9.84 Å². The summed E-state index contributed by atoms with van der Waals surface area (Å²) in [6, 6.07) is 13.0. The second-order valence-corrected chi connectivity index (χ2v) is 8.17. The number of ether oxygens (including phenoxy) is 1. The molecule has 1 heterocycles. The highest BCUT2D eigenvalue weighted by molar-refractivity contribution is 5.56. The van der Waals surface area contributed by atoms with Gasteiger partial charge in [-0.1, -0.05) is 56.3 Å². The van der Waals surface area contributed by atoms with Crippen LogP contribution in [-0.2, 0) is 10.2 Å². The molecule has 0 aromatic heterocycles. The van der Waals surface area contributed by atoms with Crippen molar-refractivity contribution in [2.24, 2.45) is 5.92 Å². The number of hydrogen-bond donors (Lipinski definition) is 1. The number of benzene rings is 2. The summed E-state index contributed by atoms with van der Waals surface area (Å²) in [5, 5.41) is 9.96. The zero-order chi connectivity index (χ0) is 20.1. The van der Waals surface area contributed by atoms with E-state index in [1.807, 2.05) is 13.0 Å². The molecule has 0 unspecified atom stereocenters. The van der Waals surface area contributed by atoms with Gasteiger partial charge >= 0.3 is 0 Å². The monoisotopic (exact) mass is 378 g/mol. The number of allylic oxidation sites excluding steroid dienone is 1. The third-order valence-electron chi connectivity index (χ3n) is 6.59. The van der Waals surface area contributed by atoms with Gasteiger partial charge in [0.25, 0.3) is 0 Å². The van der Waals surface area contributed by atoms with Crippen molar-refractivity contribution >= 4 is 6.08 Å². The molecule has 1 N–H and O–H groups in total. The minimum absolute atomic E-state index is 0.0217. The lowest BCUT2D eigenvalue weighted by molar-refractivity contribution is 0.0787. The van der Waals surface area contributed by atoms with Crippen molar-refractivity contribution in [2.45, 2.75) is 58.8 Å². The molecule has 2 aromatic rings. The van der Waals surface area contributed by atoms with E-state index in [2.05, 4.69) is 63.3 Å². The fraction of sp³-hybridized carbons (Fsp3) is 0.462. The van der Waals surface area contributed by atoms with Crippen molar-refractivity contribution in [2.75, 3.05) is 13.2 Å². The highest BCUT2D eigenvalue weighted by Crippen LogP contribution is 2.40. The average Bonchev–Trinajstić information content (AvgIpc) is 2.72. The molecule has 150 valence electrons. The molecule has 0 atom stereocenters. The molecule has 1 aliphatic heterocycles. The van der Waals surface area contributed by atoms with Crippen LogP contribution in [0.2, 0.25) is 0 Å². The Hall–Kier alpha value is -2.06.